The molecule has 78 valence electrons. The third kappa shape index (κ3) is 1.90. The van der Waals surface area contributed by atoms with Crippen LogP contribution < -0.4 is 5.73 Å². The zero-order valence-electron chi connectivity index (χ0n) is 8.36. The van der Waals surface area contributed by atoms with Gasteiger partial charge in [-0.1, -0.05) is 5.21 Å². The maximum Gasteiger partial charge on any atom is 0.360 e. The molecule has 0 spiro atoms. The van der Waals surface area contributed by atoms with Crippen molar-refractivity contribution < 1.29 is 9.53 Å². The normalized spacial score (nSPS) is 10.2. The first-order chi connectivity index (χ1) is 6.74. The molecule has 2 N–H and O–H groups in total. The van der Waals surface area contributed by atoms with E-state index < -0.39 is 5.97 Å². The number of esters is 1. The average Bonchev–Trinajstić information content (AvgIpc) is 2.60. The number of nitrogens with zero attached hydrogens (tertiary/aromatic N) is 3. The fourth-order valence-corrected chi connectivity index (χ4v) is 1.23. The number of carbonyl (C=O) groups excluding carboxylic acids is 1. The van der Waals surface area contributed by atoms with Gasteiger partial charge < -0.3 is 10.5 Å². The van der Waals surface area contributed by atoms with Gasteiger partial charge in [0.2, 0.25) is 0 Å². The van der Waals surface area contributed by atoms with Crippen LogP contribution >= 0.6 is 0 Å². The summed E-state index contributed by atoms with van der Waals surface area (Å²) in [6, 6.07) is 0. The number of carbonyl (C=O) groups is 1. The highest BCUT2D eigenvalue weighted by Gasteiger charge is 2.18. The van der Waals surface area contributed by atoms with E-state index in [0.717, 1.165) is 5.69 Å². The Morgan fingerprint density at radius 3 is 2.86 bits per heavy atom. The number of ether oxygens (including phenoxy) is 1. The average molecular weight is 198 g/mol. The van der Waals surface area contributed by atoms with Crippen molar-refractivity contribution in [3.63, 3.8) is 0 Å². The summed E-state index contributed by atoms with van der Waals surface area (Å²) in [6.07, 6.45) is 0.575. The third-order valence-electron chi connectivity index (χ3n) is 1.90. The van der Waals surface area contributed by atoms with Gasteiger partial charge in [-0.15, -0.1) is 5.10 Å². The Morgan fingerprint density at radius 2 is 2.36 bits per heavy atom. The number of aryl methyl sites for hydroxylation is 1. The van der Waals surface area contributed by atoms with Gasteiger partial charge in [-0.05, 0) is 13.5 Å². The summed E-state index contributed by atoms with van der Waals surface area (Å²) in [6.45, 7) is 3.05. The zero-order valence-corrected chi connectivity index (χ0v) is 8.36. The van der Waals surface area contributed by atoms with E-state index in [4.69, 9.17) is 5.73 Å². The lowest BCUT2D eigenvalue weighted by Crippen LogP contribution is -2.13. The number of hydrogen-bond acceptors (Lipinski definition) is 5. The van der Waals surface area contributed by atoms with Crippen LogP contribution in [-0.2, 0) is 17.7 Å². The third-order valence-corrected chi connectivity index (χ3v) is 1.90. The summed E-state index contributed by atoms with van der Waals surface area (Å²) in [5.41, 5.74) is 6.43. The van der Waals surface area contributed by atoms with Gasteiger partial charge in [-0.3, -0.25) is 0 Å². The molecule has 0 radical (unpaired) electrons. The second-order valence-electron chi connectivity index (χ2n) is 2.73. The maximum atomic E-state index is 11.3. The fraction of sp³-hybridized carbons (Fsp3) is 0.625. The molecule has 6 heteroatoms. The van der Waals surface area contributed by atoms with Crippen LogP contribution in [0.2, 0.25) is 0 Å². The second-order valence-corrected chi connectivity index (χ2v) is 2.73. The first-order valence-corrected chi connectivity index (χ1v) is 4.45. The molecule has 0 saturated heterocycles. The van der Waals surface area contributed by atoms with Crippen molar-refractivity contribution >= 4 is 5.97 Å². The number of rotatable bonds is 4. The summed E-state index contributed by atoms with van der Waals surface area (Å²) in [5.74, 6) is -0.465. The van der Waals surface area contributed by atoms with E-state index in [9.17, 15) is 4.79 Å². The Balaban J connectivity index is 3.03. The van der Waals surface area contributed by atoms with Gasteiger partial charge in [-0.2, -0.15) is 0 Å². The molecule has 1 aromatic heterocycles. The Hall–Kier alpha value is -1.43. The van der Waals surface area contributed by atoms with Gasteiger partial charge in [0.1, 0.15) is 0 Å². The molecule has 1 heterocycles. The number of hydrogen-bond donors (Lipinski definition) is 1. The van der Waals surface area contributed by atoms with Crippen LogP contribution in [0, 0.1) is 0 Å². The van der Waals surface area contributed by atoms with Crippen molar-refractivity contribution in [3.8, 4) is 0 Å². The molecule has 0 unspecified atom stereocenters. The van der Waals surface area contributed by atoms with Crippen LogP contribution in [-0.4, -0.2) is 34.6 Å². The van der Waals surface area contributed by atoms with E-state index in [-0.39, 0.29) is 5.69 Å². The van der Waals surface area contributed by atoms with Crippen molar-refractivity contribution in [2.75, 3.05) is 13.7 Å². The van der Waals surface area contributed by atoms with Gasteiger partial charge in [0.15, 0.2) is 5.69 Å². The predicted octanol–water partition coefficient (Wildman–Crippen LogP) is -0.414. The van der Waals surface area contributed by atoms with Crippen LogP contribution in [0.4, 0.5) is 0 Å². The predicted molar refractivity (Wildman–Crippen MR) is 49.8 cm³/mol. The summed E-state index contributed by atoms with van der Waals surface area (Å²) < 4.78 is 6.24. The quantitative estimate of drug-likeness (QED) is 0.665. The molecule has 0 aliphatic heterocycles. The molecule has 0 fully saturated rings. The first-order valence-electron chi connectivity index (χ1n) is 4.45. The first kappa shape index (κ1) is 10.6. The summed E-state index contributed by atoms with van der Waals surface area (Å²) in [4.78, 5) is 11.3. The molecule has 6 nitrogen and oxygen atoms in total. The smallest absolute Gasteiger partial charge is 0.360 e. The van der Waals surface area contributed by atoms with Crippen LogP contribution in [0.15, 0.2) is 0 Å². The van der Waals surface area contributed by atoms with Gasteiger partial charge in [0, 0.05) is 13.0 Å². The van der Waals surface area contributed by atoms with Gasteiger partial charge >= 0.3 is 5.97 Å². The Kier molecular flexibility index (Phi) is 3.58. The topological polar surface area (TPSA) is 83.0 Å². The van der Waals surface area contributed by atoms with E-state index in [1.54, 1.807) is 4.68 Å². The van der Waals surface area contributed by atoms with E-state index in [0.29, 0.717) is 19.5 Å². The van der Waals surface area contributed by atoms with E-state index in [1.807, 2.05) is 6.92 Å². The SMILES string of the molecule is CCn1nnc(C(=O)OC)c1CCN. The largest absolute Gasteiger partial charge is 0.464 e. The molecule has 0 aromatic carbocycles. The lowest BCUT2D eigenvalue weighted by molar-refractivity contribution is 0.0592. The monoisotopic (exact) mass is 198 g/mol. The lowest BCUT2D eigenvalue weighted by atomic mass is 10.2. The molecule has 0 saturated carbocycles. The molecular formula is C8H14N4O2. The van der Waals surface area contributed by atoms with Crippen molar-refractivity contribution in [2.45, 2.75) is 19.9 Å². The number of methoxy groups -OCH3 is 1. The molecule has 14 heavy (non-hydrogen) atoms. The highest BCUT2D eigenvalue weighted by atomic mass is 16.5. The minimum absolute atomic E-state index is 0.264. The van der Waals surface area contributed by atoms with Crippen LogP contribution in [0.5, 0.6) is 0 Å². The van der Waals surface area contributed by atoms with Crippen molar-refractivity contribution in [1.29, 1.82) is 0 Å². The maximum absolute atomic E-state index is 11.3. The highest BCUT2D eigenvalue weighted by molar-refractivity contribution is 5.88. The molecule has 0 atom stereocenters. The van der Waals surface area contributed by atoms with Crippen LogP contribution in [0.1, 0.15) is 23.1 Å². The standard InChI is InChI=1S/C8H14N4O2/c1-3-12-6(4-5-9)7(10-11-12)8(13)14-2/h3-5,9H2,1-2H3. The lowest BCUT2D eigenvalue weighted by Gasteiger charge is -2.02. The molecule has 1 aromatic rings. The van der Waals surface area contributed by atoms with Crippen LogP contribution in [0.3, 0.4) is 0 Å². The number of aromatic nitrogens is 3. The van der Waals surface area contributed by atoms with Crippen molar-refractivity contribution in [1.82, 2.24) is 15.0 Å². The fourth-order valence-electron chi connectivity index (χ4n) is 1.23. The molecule has 0 aliphatic rings. The number of nitrogens with two attached hydrogens (primary N) is 1. The van der Waals surface area contributed by atoms with Gasteiger partial charge in [0.25, 0.3) is 0 Å². The highest BCUT2D eigenvalue weighted by Crippen LogP contribution is 2.07. The summed E-state index contributed by atoms with van der Waals surface area (Å²) in [7, 11) is 1.32. The summed E-state index contributed by atoms with van der Waals surface area (Å²) >= 11 is 0. The Morgan fingerprint density at radius 1 is 1.64 bits per heavy atom. The van der Waals surface area contributed by atoms with E-state index >= 15 is 0 Å². The summed E-state index contributed by atoms with van der Waals surface area (Å²) in [5, 5.41) is 7.59. The van der Waals surface area contributed by atoms with Crippen molar-refractivity contribution in [2.24, 2.45) is 5.73 Å². The molecular weight excluding hydrogens is 184 g/mol. The Labute approximate surface area is 82.0 Å². The molecule has 0 amide bonds. The minimum Gasteiger partial charge on any atom is -0.464 e. The van der Waals surface area contributed by atoms with Gasteiger partial charge in [0.05, 0.1) is 12.8 Å². The zero-order chi connectivity index (χ0) is 10.6. The molecule has 1 rings (SSSR count). The minimum atomic E-state index is -0.465. The van der Waals surface area contributed by atoms with Crippen molar-refractivity contribution in [3.05, 3.63) is 11.4 Å². The van der Waals surface area contributed by atoms with E-state index in [1.165, 1.54) is 7.11 Å². The second kappa shape index (κ2) is 4.71. The van der Waals surface area contributed by atoms with Crippen LogP contribution in [0.25, 0.3) is 0 Å². The Bertz CT molecular complexity index is 321. The van der Waals surface area contributed by atoms with E-state index in [2.05, 4.69) is 15.0 Å². The van der Waals surface area contributed by atoms with Gasteiger partial charge in [-0.25, -0.2) is 9.48 Å². The molecule has 0 aliphatic carbocycles. The molecule has 0 bridgehead atoms.